The summed E-state index contributed by atoms with van der Waals surface area (Å²) in [6, 6.07) is 8.33. The molecule has 10 nitrogen and oxygen atoms in total. The van der Waals surface area contributed by atoms with Gasteiger partial charge in [0, 0.05) is 36.6 Å². The smallest absolute Gasteiger partial charge is 0.342 e. The van der Waals surface area contributed by atoms with Crippen LogP contribution in [0.1, 0.15) is 40.3 Å². The van der Waals surface area contributed by atoms with E-state index in [1.807, 2.05) is 6.92 Å². The fourth-order valence-corrected chi connectivity index (χ4v) is 3.00. The van der Waals surface area contributed by atoms with E-state index in [0.717, 1.165) is 0 Å². The summed E-state index contributed by atoms with van der Waals surface area (Å²) < 4.78 is 5.24. The van der Waals surface area contributed by atoms with Gasteiger partial charge in [-0.05, 0) is 31.5 Å². The van der Waals surface area contributed by atoms with Crippen LogP contribution >= 0.6 is 0 Å². The van der Waals surface area contributed by atoms with Crippen molar-refractivity contribution in [2.45, 2.75) is 20.3 Å². The number of nitrogens with one attached hydrogen (secondary N) is 2. The zero-order valence-electron chi connectivity index (χ0n) is 18.0. The molecule has 32 heavy (non-hydrogen) atoms. The minimum absolute atomic E-state index is 0.231. The Kier molecular flexibility index (Phi) is 7.63. The molecule has 0 aliphatic rings. The van der Waals surface area contributed by atoms with Gasteiger partial charge in [0.25, 0.3) is 0 Å². The van der Waals surface area contributed by atoms with Gasteiger partial charge < -0.3 is 21.1 Å². The largest absolute Gasteiger partial charge is 0.462 e. The number of hydrogen-bond acceptors (Lipinski definition) is 9. The van der Waals surface area contributed by atoms with Crippen LogP contribution in [0, 0.1) is 0 Å². The lowest BCUT2D eigenvalue weighted by Crippen LogP contribution is -2.19. The van der Waals surface area contributed by atoms with Crippen LogP contribution in [-0.2, 0) is 11.2 Å². The molecule has 166 valence electrons. The number of anilines is 2. The van der Waals surface area contributed by atoms with Crippen molar-refractivity contribution in [3.05, 3.63) is 59.5 Å². The van der Waals surface area contributed by atoms with Crippen LogP contribution < -0.4 is 16.4 Å². The molecule has 0 bridgehead atoms. The summed E-state index contributed by atoms with van der Waals surface area (Å²) in [4.78, 5) is 41.4. The van der Waals surface area contributed by atoms with Crippen molar-refractivity contribution in [1.29, 1.82) is 0 Å². The predicted octanol–water partition coefficient (Wildman–Crippen LogP) is 2.30. The Labute approximate surface area is 185 Å². The number of esters is 1. The number of amides is 1. The lowest BCUT2D eigenvalue weighted by molar-refractivity contribution is 0.0525. The molecule has 2 aromatic heterocycles. The van der Waals surface area contributed by atoms with E-state index in [4.69, 9.17) is 10.5 Å². The first-order chi connectivity index (χ1) is 15.5. The molecule has 2 heterocycles. The van der Waals surface area contributed by atoms with Crippen molar-refractivity contribution in [3.63, 3.8) is 0 Å². The topological polar surface area (TPSA) is 145 Å². The highest BCUT2D eigenvalue weighted by Crippen LogP contribution is 2.27. The molecule has 0 fully saturated rings. The Bertz CT molecular complexity index is 1070. The molecule has 3 aromatic rings. The maximum atomic E-state index is 12.7. The molecule has 0 saturated carbocycles. The average molecular weight is 435 g/mol. The third-order valence-corrected chi connectivity index (χ3v) is 4.50. The number of hydrogen-bond donors (Lipinski definition) is 3. The van der Waals surface area contributed by atoms with Crippen LogP contribution in [0.15, 0.2) is 42.7 Å². The lowest BCUT2D eigenvalue weighted by atomic mass is 10.0. The van der Waals surface area contributed by atoms with E-state index in [-0.39, 0.29) is 6.61 Å². The normalized spacial score (nSPS) is 10.4. The van der Waals surface area contributed by atoms with Gasteiger partial charge in [0.2, 0.25) is 17.8 Å². The van der Waals surface area contributed by atoms with Crippen LogP contribution in [0.3, 0.4) is 0 Å². The minimum atomic E-state index is -0.531. The lowest BCUT2D eigenvalue weighted by Gasteiger charge is -2.15. The highest BCUT2D eigenvalue weighted by Gasteiger charge is 2.22. The molecule has 10 heteroatoms. The fourth-order valence-electron chi connectivity index (χ4n) is 3.00. The first-order valence-electron chi connectivity index (χ1n) is 10.3. The third-order valence-electron chi connectivity index (χ3n) is 4.50. The zero-order chi connectivity index (χ0) is 22.9. The molecule has 0 aliphatic carbocycles. The zero-order valence-corrected chi connectivity index (χ0v) is 18.0. The Hall–Kier alpha value is -4.08. The van der Waals surface area contributed by atoms with Crippen molar-refractivity contribution in [1.82, 2.24) is 19.9 Å². The third kappa shape index (κ3) is 5.54. The second-order valence-electron chi connectivity index (χ2n) is 6.66. The number of rotatable bonds is 10. The molecule has 0 atom stereocenters. The Morgan fingerprint density at radius 1 is 0.969 bits per heavy atom. The van der Waals surface area contributed by atoms with Crippen molar-refractivity contribution in [2.75, 3.05) is 30.3 Å². The number of carbonyl (C=O) groups is 2. The van der Waals surface area contributed by atoms with Gasteiger partial charge in [-0.25, -0.2) is 24.7 Å². The SMILES string of the molecule is CCOC(=O)c1c(CC)nc(NCCNc2ncccn2)nc1-c1ccc(C(N)=O)cc1. The standard InChI is InChI=1S/C22H25N7O3/c1-3-16-17(20(31)32-4-2)18(14-6-8-15(9-7-14)19(23)30)29-22(28-16)27-13-12-26-21-24-10-5-11-25-21/h5-11H,3-4,12-13H2,1-2H3,(H2,23,30)(H,24,25,26)(H,27,28,29). The summed E-state index contributed by atoms with van der Waals surface area (Å²) in [5, 5.41) is 6.26. The Balaban J connectivity index is 1.89. The van der Waals surface area contributed by atoms with Crippen LogP contribution in [-0.4, -0.2) is 51.5 Å². The van der Waals surface area contributed by atoms with Gasteiger partial charge >= 0.3 is 5.97 Å². The summed E-state index contributed by atoms with van der Waals surface area (Å²) in [5.41, 5.74) is 7.64. The van der Waals surface area contributed by atoms with Crippen LogP contribution in [0.25, 0.3) is 11.3 Å². The summed E-state index contributed by atoms with van der Waals surface area (Å²) in [6.07, 6.45) is 3.82. The van der Waals surface area contributed by atoms with E-state index in [9.17, 15) is 9.59 Å². The van der Waals surface area contributed by atoms with Gasteiger partial charge in [-0.3, -0.25) is 4.79 Å². The average Bonchev–Trinajstić information content (AvgIpc) is 2.82. The highest BCUT2D eigenvalue weighted by atomic mass is 16.5. The molecule has 1 amide bonds. The molecule has 4 N–H and O–H groups in total. The van der Waals surface area contributed by atoms with Crippen LogP contribution in [0.4, 0.5) is 11.9 Å². The van der Waals surface area contributed by atoms with E-state index in [0.29, 0.717) is 59.5 Å². The van der Waals surface area contributed by atoms with Crippen LogP contribution in [0.5, 0.6) is 0 Å². The quantitative estimate of drug-likeness (QED) is 0.322. The van der Waals surface area contributed by atoms with Gasteiger partial charge in [-0.15, -0.1) is 0 Å². The number of benzene rings is 1. The Morgan fingerprint density at radius 2 is 1.62 bits per heavy atom. The number of aryl methyl sites for hydroxylation is 1. The molecule has 3 rings (SSSR count). The van der Waals surface area contributed by atoms with E-state index >= 15 is 0 Å². The summed E-state index contributed by atoms with van der Waals surface area (Å²) in [7, 11) is 0. The summed E-state index contributed by atoms with van der Waals surface area (Å²) in [5.74, 6) is -0.124. The number of primary amides is 1. The first kappa shape index (κ1) is 22.6. The van der Waals surface area contributed by atoms with Crippen molar-refractivity contribution in [3.8, 4) is 11.3 Å². The minimum Gasteiger partial charge on any atom is -0.462 e. The number of aromatic nitrogens is 4. The molecule has 0 saturated heterocycles. The second kappa shape index (κ2) is 10.8. The van der Waals surface area contributed by atoms with Crippen molar-refractivity contribution in [2.24, 2.45) is 5.73 Å². The number of ether oxygens (including phenoxy) is 1. The molecule has 0 unspecified atom stereocenters. The maximum Gasteiger partial charge on any atom is 0.342 e. The number of carbonyl (C=O) groups excluding carboxylic acids is 2. The number of nitrogens with two attached hydrogens (primary N) is 1. The van der Waals surface area contributed by atoms with Crippen LogP contribution in [0.2, 0.25) is 0 Å². The van der Waals surface area contributed by atoms with E-state index < -0.39 is 11.9 Å². The second-order valence-corrected chi connectivity index (χ2v) is 6.66. The molecule has 0 aliphatic heterocycles. The summed E-state index contributed by atoms with van der Waals surface area (Å²) in [6.45, 7) is 4.92. The van der Waals surface area contributed by atoms with E-state index in [1.54, 1.807) is 49.6 Å². The molecular formula is C22H25N7O3. The van der Waals surface area contributed by atoms with Gasteiger partial charge in [-0.2, -0.15) is 0 Å². The summed E-state index contributed by atoms with van der Waals surface area (Å²) >= 11 is 0. The molecular weight excluding hydrogens is 410 g/mol. The predicted molar refractivity (Wildman–Crippen MR) is 120 cm³/mol. The fraction of sp³-hybridized carbons (Fsp3) is 0.273. The first-order valence-corrected chi connectivity index (χ1v) is 10.3. The molecule has 0 radical (unpaired) electrons. The van der Waals surface area contributed by atoms with Crippen molar-refractivity contribution < 1.29 is 14.3 Å². The Morgan fingerprint density at radius 3 is 2.22 bits per heavy atom. The van der Waals surface area contributed by atoms with E-state index in [2.05, 4.69) is 30.6 Å². The van der Waals surface area contributed by atoms with Crippen molar-refractivity contribution >= 4 is 23.8 Å². The van der Waals surface area contributed by atoms with Gasteiger partial charge in [0.05, 0.1) is 18.0 Å². The van der Waals surface area contributed by atoms with Gasteiger partial charge in [0.1, 0.15) is 5.56 Å². The van der Waals surface area contributed by atoms with Gasteiger partial charge in [-0.1, -0.05) is 19.1 Å². The number of nitrogens with zero attached hydrogens (tertiary/aromatic N) is 4. The molecule has 0 spiro atoms. The van der Waals surface area contributed by atoms with Gasteiger partial charge in [0.15, 0.2) is 0 Å². The van der Waals surface area contributed by atoms with E-state index in [1.165, 1.54) is 0 Å². The molecule has 1 aromatic carbocycles. The maximum absolute atomic E-state index is 12.7. The monoisotopic (exact) mass is 435 g/mol. The highest BCUT2D eigenvalue weighted by molar-refractivity contribution is 5.98.